The number of nitrogens with zero attached hydrogens (tertiary/aromatic N) is 3. The Morgan fingerprint density at radius 2 is 1.93 bits per heavy atom. The minimum atomic E-state index is -3.56. The number of hydrogen-bond acceptors (Lipinski definition) is 8. The van der Waals surface area contributed by atoms with E-state index < -0.39 is 10.0 Å². The number of morpholine rings is 1. The third kappa shape index (κ3) is 4.68. The van der Waals surface area contributed by atoms with Gasteiger partial charge in [-0.1, -0.05) is 12.1 Å². The van der Waals surface area contributed by atoms with E-state index in [1.54, 1.807) is 48.7 Å². The fraction of sp³-hybridized carbons (Fsp3) is 0.200. The minimum Gasteiger partial charge on any atom is -0.508 e. The van der Waals surface area contributed by atoms with Gasteiger partial charge in [0.15, 0.2) is 0 Å². The molecule has 30 heavy (non-hydrogen) atoms. The molecule has 0 amide bonds. The fourth-order valence-electron chi connectivity index (χ4n) is 2.93. The number of nitrogens with one attached hydrogen (secondary N) is 1. The van der Waals surface area contributed by atoms with Gasteiger partial charge in [-0.3, -0.25) is 5.43 Å². The van der Waals surface area contributed by atoms with Gasteiger partial charge in [-0.15, -0.1) is 11.3 Å². The summed E-state index contributed by atoms with van der Waals surface area (Å²) in [4.78, 5) is 4.73. The first-order valence-corrected chi connectivity index (χ1v) is 11.6. The van der Waals surface area contributed by atoms with Gasteiger partial charge in [0.05, 0.1) is 30.0 Å². The molecule has 1 fully saturated rings. The molecular weight excluding hydrogens is 424 g/mol. The van der Waals surface area contributed by atoms with Gasteiger partial charge >= 0.3 is 0 Å². The zero-order chi connectivity index (χ0) is 21.0. The molecule has 0 aliphatic carbocycles. The maximum atomic E-state index is 12.9. The molecule has 0 bridgehead atoms. The first-order valence-electron chi connectivity index (χ1n) is 9.24. The van der Waals surface area contributed by atoms with Crippen LogP contribution in [0.15, 0.2) is 63.9 Å². The van der Waals surface area contributed by atoms with Gasteiger partial charge in [-0.25, -0.2) is 13.4 Å². The summed E-state index contributed by atoms with van der Waals surface area (Å²) in [6.07, 6.45) is 1.62. The number of hydrogen-bond donors (Lipinski definition) is 2. The highest BCUT2D eigenvalue weighted by atomic mass is 32.2. The summed E-state index contributed by atoms with van der Waals surface area (Å²) < 4.78 is 32.5. The average Bonchev–Trinajstić information content (AvgIpc) is 3.25. The quantitative estimate of drug-likeness (QED) is 0.447. The van der Waals surface area contributed by atoms with Crippen LogP contribution >= 0.6 is 11.3 Å². The zero-order valence-electron chi connectivity index (χ0n) is 15.9. The van der Waals surface area contributed by atoms with Crippen LogP contribution in [-0.2, 0) is 14.8 Å². The molecule has 1 aliphatic heterocycles. The molecule has 2 aromatic carbocycles. The van der Waals surface area contributed by atoms with Crippen molar-refractivity contribution in [1.29, 1.82) is 0 Å². The predicted molar refractivity (Wildman–Crippen MR) is 116 cm³/mol. The van der Waals surface area contributed by atoms with Crippen LogP contribution in [0.3, 0.4) is 0 Å². The first-order chi connectivity index (χ1) is 14.5. The van der Waals surface area contributed by atoms with Crippen molar-refractivity contribution in [2.75, 3.05) is 31.7 Å². The molecule has 1 aliphatic rings. The third-order valence-electron chi connectivity index (χ3n) is 4.51. The lowest BCUT2D eigenvalue weighted by Gasteiger charge is -2.26. The smallest absolute Gasteiger partial charge is 0.243 e. The molecule has 8 nitrogen and oxygen atoms in total. The van der Waals surface area contributed by atoms with Crippen molar-refractivity contribution in [1.82, 2.24) is 9.29 Å². The van der Waals surface area contributed by atoms with E-state index in [-0.39, 0.29) is 10.6 Å². The Morgan fingerprint density at radius 3 is 2.70 bits per heavy atom. The maximum Gasteiger partial charge on any atom is 0.243 e. The molecule has 156 valence electrons. The van der Waals surface area contributed by atoms with Crippen molar-refractivity contribution in [3.05, 3.63) is 59.5 Å². The average molecular weight is 445 g/mol. The molecule has 0 saturated carbocycles. The SMILES string of the molecule is O=S(=O)(c1cccc(-c2csc(N/N=C\c3ccc(O)cc3)n2)c1)N1CCOCC1. The van der Waals surface area contributed by atoms with Crippen LogP contribution < -0.4 is 5.43 Å². The summed E-state index contributed by atoms with van der Waals surface area (Å²) in [5.74, 6) is 0.197. The molecule has 2 heterocycles. The van der Waals surface area contributed by atoms with Gasteiger partial charge in [0.25, 0.3) is 0 Å². The number of phenolic OH excluding ortho intramolecular Hbond substituents is 1. The summed E-state index contributed by atoms with van der Waals surface area (Å²) in [5, 5.41) is 15.9. The number of aromatic nitrogens is 1. The first kappa shape index (κ1) is 20.5. The number of ether oxygens (including phenoxy) is 1. The predicted octanol–water partition coefficient (Wildman–Crippen LogP) is 2.98. The molecule has 0 atom stereocenters. The Bertz CT molecular complexity index is 1140. The molecule has 10 heteroatoms. The van der Waals surface area contributed by atoms with Gasteiger partial charge in [0, 0.05) is 24.0 Å². The van der Waals surface area contributed by atoms with Crippen LogP contribution in [0, 0.1) is 0 Å². The Hall–Kier alpha value is -2.79. The lowest BCUT2D eigenvalue weighted by Crippen LogP contribution is -2.40. The number of rotatable bonds is 6. The van der Waals surface area contributed by atoms with Crippen LogP contribution in [0.2, 0.25) is 0 Å². The van der Waals surface area contributed by atoms with E-state index in [2.05, 4.69) is 15.5 Å². The van der Waals surface area contributed by atoms with E-state index in [1.165, 1.54) is 15.6 Å². The summed E-state index contributed by atoms with van der Waals surface area (Å²) in [5.41, 5.74) is 5.09. The molecule has 0 radical (unpaired) electrons. The van der Waals surface area contributed by atoms with E-state index in [0.29, 0.717) is 37.1 Å². The Balaban J connectivity index is 1.48. The van der Waals surface area contributed by atoms with Crippen LogP contribution in [0.1, 0.15) is 5.56 Å². The van der Waals surface area contributed by atoms with Gasteiger partial charge in [0.1, 0.15) is 5.75 Å². The normalized spacial score (nSPS) is 15.5. The molecule has 1 saturated heterocycles. The minimum absolute atomic E-state index is 0.197. The second kappa shape index (κ2) is 8.92. The second-order valence-electron chi connectivity index (χ2n) is 6.54. The Labute approximate surface area is 178 Å². The molecule has 0 unspecified atom stereocenters. The van der Waals surface area contributed by atoms with E-state index in [4.69, 9.17) is 4.74 Å². The number of aromatic hydroxyl groups is 1. The van der Waals surface area contributed by atoms with E-state index in [0.717, 1.165) is 11.1 Å². The molecule has 4 rings (SSSR count). The number of thiazole rings is 1. The van der Waals surface area contributed by atoms with Crippen LogP contribution in [0.25, 0.3) is 11.3 Å². The van der Waals surface area contributed by atoms with E-state index in [1.807, 2.05) is 11.4 Å². The van der Waals surface area contributed by atoms with Crippen molar-refractivity contribution in [3.8, 4) is 17.0 Å². The number of benzene rings is 2. The van der Waals surface area contributed by atoms with Crippen LogP contribution in [-0.4, -0.2) is 55.3 Å². The lowest BCUT2D eigenvalue weighted by molar-refractivity contribution is 0.0730. The third-order valence-corrected chi connectivity index (χ3v) is 7.15. The van der Waals surface area contributed by atoms with Gasteiger partial charge in [-0.2, -0.15) is 9.41 Å². The van der Waals surface area contributed by atoms with E-state index >= 15 is 0 Å². The molecular formula is C20H20N4O4S2. The number of phenols is 1. The Morgan fingerprint density at radius 1 is 1.17 bits per heavy atom. The number of hydrazone groups is 1. The standard InChI is InChI=1S/C20H20N4O4S2/c25-17-6-4-15(5-7-17)13-21-23-20-22-19(14-29-20)16-2-1-3-18(12-16)30(26,27)24-8-10-28-11-9-24/h1-7,12-14,25H,8-11H2,(H,22,23)/b21-13-. The summed E-state index contributed by atoms with van der Waals surface area (Å²) in [6.45, 7) is 1.53. The summed E-state index contributed by atoms with van der Waals surface area (Å²) in [7, 11) is -3.56. The van der Waals surface area contributed by atoms with Crippen LogP contribution in [0.4, 0.5) is 5.13 Å². The van der Waals surface area contributed by atoms with E-state index in [9.17, 15) is 13.5 Å². The highest BCUT2D eigenvalue weighted by molar-refractivity contribution is 7.89. The monoisotopic (exact) mass is 444 g/mol. The summed E-state index contributed by atoms with van der Waals surface area (Å²) >= 11 is 1.37. The van der Waals surface area contributed by atoms with Crippen molar-refractivity contribution in [2.45, 2.75) is 4.90 Å². The lowest BCUT2D eigenvalue weighted by atomic mass is 10.2. The highest BCUT2D eigenvalue weighted by Gasteiger charge is 2.26. The second-order valence-corrected chi connectivity index (χ2v) is 9.34. The molecule has 0 spiro atoms. The fourth-order valence-corrected chi connectivity index (χ4v) is 5.05. The molecule has 2 N–H and O–H groups in total. The van der Waals surface area contributed by atoms with Gasteiger partial charge < -0.3 is 9.84 Å². The highest BCUT2D eigenvalue weighted by Crippen LogP contribution is 2.28. The largest absolute Gasteiger partial charge is 0.508 e. The topological polar surface area (TPSA) is 104 Å². The van der Waals surface area contributed by atoms with Crippen molar-refractivity contribution in [3.63, 3.8) is 0 Å². The van der Waals surface area contributed by atoms with Crippen LogP contribution in [0.5, 0.6) is 5.75 Å². The zero-order valence-corrected chi connectivity index (χ0v) is 17.6. The molecule has 3 aromatic rings. The van der Waals surface area contributed by atoms with Crippen molar-refractivity contribution >= 4 is 32.7 Å². The number of anilines is 1. The van der Waals surface area contributed by atoms with Crippen molar-refractivity contribution < 1.29 is 18.3 Å². The molecule has 1 aromatic heterocycles. The summed E-state index contributed by atoms with van der Waals surface area (Å²) in [6, 6.07) is 13.4. The van der Waals surface area contributed by atoms with Crippen molar-refractivity contribution in [2.24, 2.45) is 5.10 Å². The Kier molecular flexibility index (Phi) is 6.09. The van der Waals surface area contributed by atoms with Gasteiger partial charge in [0.2, 0.25) is 15.2 Å². The number of sulfonamides is 1. The maximum absolute atomic E-state index is 12.9. The van der Waals surface area contributed by atoms with Gasteiger partial charge in [-0.05, 0) is 42.0 Å².